The van der Waals surface area contributed by atoms with Gasteiger partial charge in [-0.05, 0) is 56.9 Å². The largest absolute Gasteiger partial charge is 0.497 e. The maximum atomic E-state index is 5.20. The van der Waals surface area contributed by atoms with Gasteiger partial charge in [0, 0.05) is 31.9 Å². The smallest absolute Gasteiger partial charge is 0.191 e. The van der Waals surface area contributed by atoms with Gasteiger partial charge in [0.1, 0.15) is 5.75 Å². The molecule has 0 fully saturated rings. The van der Waals surface area contributed by atoms with Crippen LogP contribution in [0.2, 0.25) is 0 Å². The third kappa shape index (κ3) is 8.08. The Morgan fingerprint density at radius 1 is 1.21 bits per heavy atom. The Bertz CT molecular complexity index is 727. The maximum Gasteiger partial charge on any atom is 0.191 e. The number of aliphatic imine (C=N–C) groups is 1. The van der Waals surface area contributed by atoms with E-state index < -0.39 is 0 Å². The van der Waals surface area contributed by atoms with Crippen LogP contribution >= 0.6 is 24.0 Å². The van der Waals surface area contributed by atoms with Gasteiger partial charge in [-0.15, -0.1) is 24.0 Å². The zero-order valence-electron chi connectivity index (χ0n) is 17.7. The highest BCUT2D eigenvalue weighted by Gasteiger charge is 2.07. The molecular weight excluding hydrogens is 465 g/mol. The van der Waals surface area contributed by atoms with Gasteiger partial charge in [-0.2, -0.15) is 5.10 Å². The molecule has 0 bridgehead atoms. The molecule has 0 aliphatic carbocycles. The molecule has 1 unspecified atom stereocenters. The Morgan fingerprint density at radius 3 is 2.50 bits per heavy atom. The van der Waals surface area contributed by atoms with E-state index in [-0.39, 0.29) is 24.0 Å². The summed E-state index contributed by atoms with van der Waals surface area (Å²) in [5.41, 5.74) is 3.54. The molecule has 156 valence electrons. The normalized spacial score (nSPS) is 12.2. The summed E-state index contributed by atoms with van der Waals surface area (Å²) < 4.78 is 7.27. The van der Waals surface area contributed by atoms with Crippen LogP contribution in [0.25, 0.3) is 0 Å². The first kappa shape index (κ1) is 24.3. The lowest BCUT2D eigenvalue weighted by atomic mass is 10.1. The van der Waals surface area contributed by atoms with Crippen molar-refractivity contribution in [2.24, 2.45) is 10.9 Å². The zero-order chi connectivity index (χ0) is 19.6. The van der Waals surface area contributed by atoms with Crippen molar-refractivity contribution in [3.05, 3.63) is 47.3 Å². The van der Waals surface area contributed by atoms with Gasteiger partial charge in [0.25, 0.3) is 0 Å². The number of guanidine groups is 1. The molecule has 0 radical (unpaired) electrons. The minimum absolute atomic E-state index is 0. The van der Waals surface area contributed by atoms with Crippen LogP contribution in [0.15, 0.2) is 35.3 Å². The van der Waals surface area contributed by atoms with Gasteiger partial charge >= 0.3 is 0 Å². The second-order valence-electron chi connectivity index (χ2n) is 6.96. The van der Waals surface area contributed by atoms with E-state index in [0.29, 0.717) is 5.92 Å². The fourth-order valence-corrected chi connectivity index (χ4v) is 2.92. The standard InChI is InChI=1S/C21H33N5O.HI/c1-6-22-21(23-12-11-19-7-9-20(27-5)10-8-19)24-14-16(2)15-26-18(4)13-17(3)25-26;/h7-10,13,16H,6,11-12,14-15H2,1-5H3,(H2,22,23,24);1H. The van der Waals surface area contributed by atoms with Crippen molar-refractivity contribution in [2.75, 3.05) is 26.7 Å². The van der Waals surface area contributed by atoms with E-state index in [2.05, 4.69) is 59.4 Å². The number of hydrogen-bond donors (Lipinski definition) is 2. The van der Waals surface area contributed by atoms with E-state index >= 15 is 0 Å². The van der Waals surface area contributed by atoms with Gasteiger partial charge in [-0.25, -0.2) is 0 Å². The Kier molecular flexibility index (Phi) is 11.0. The monoisotopic (exact) mass is 499 g/mol. The molecule has 1 atom stereocenters. The van der Waals surface area contributed by atoms with Crippen LogP contribution in [0.1, 0.15) is 30.8 Å². The van der Waals surface area contributed by atoms with E-state index in [0.717, 1.165) is 50.0 Å². The molecule has 28 heavy (non-hydrogen) atoms. The van der Waals surface area contributed by atoms with Gasteiger partial charge < -0.3 is 15.4 Å². The van der Waals surface area contributed by atoms with Crippen LogP contribution in [0.4, 0.5) is 0 Å². The molecule has 0 saturated carbocycles. The van der Waals surface area contributed by atoms with E-state index in [1.165, 1.54) is 11.3 Å². The lowest BCUT2D eigenvalue weighted by Crippen LogP contribution is -2.38. The number of nitrogens with zero attached hydrogens (tertiary/aromatic N) is 3. The van der Waals surface area contributed by atoms with E-state index in [9.17, 15) is 0 Å². The fourth-order valence-electron chi connectivity index (χ4n) is 2.92. The molecule has 2 N–H and O–H groups in total. The molecule has 2 aromatic rings. The van der Waals surface area contributed by atoms with Crippen LogP contribution in [0.3, 0.4) is 0 Å². The number of ether oxygens (including phenoxy) is 1. The van der Waals surface area contributed by atoms with Gasteiger partial charge in [0.2, 0.25) is 0 Å². The van der Waals surface area contributed by atoms with Crippen molar-refractivity contribution >= 4 is 29.9 Å². The van der Waals surface area contributed by atoms with E-state index in [4.69, 9.17) is 9.73 Å². The molecule has 1 aromatic carbocycles. The predicted molar refractivity (Wildman–Crippen MR) is 127 cm³/mol. The molecule has 1 heterocycles. The lowest BCUT2D eigenvalue weighted by Gasteiger charge is -2.14. The summed E-state index contributed by atoms with van der Waals surface area (Å²) in [6.07, 6.45) is 0.940. The number of halogens is 1. The second kappa shape index (κ2) is 12.6. The van der Waals surface area contributed by atoms with Crippen LogP contribution in [0, 0.1) is 19.8 Å². The average molecular weight is 499 g/mol. The van der Waals surface area contributed by atoms with Crippen molar-refractivity contribution in [1.82, 2.24) is 20.4 Å². The molecule has 2 rings (SSSR count). The van der Waals surface area contributed by atoms with Crippen LogP contribution in [-0.4, -0.2) is 42.5 Å². The first-order valence-electron chi connectivity index (χ1n) is 9.68. The fraction of sp³-hybridized carbons (Fsp3) is 0.524. The van der Waals surface area contributed by atoms with Gasteiger partial charge in [0.15, 0.2) is 5.96 Å². The number of nitrogens with one attached hydrogen (secondary N) is 2. The predicted octanol–water partition coefficient (Wildman–Crippen LogP) is 3.56. The number of benzene rings is 1. The Hall–Kier alpha value is -1.77. The Labute approximate surface area is 186 Å². The summed E-state index contributed by atoms with van der Waals surface area (Å²) in [5.74, 6) is 2.17. The minimum atomic E-state index is 0. The highest BCUT2D eigenvalue weighted by Crippen LogP contribution is 2.11. The molecular formula is C21H34IN5O. The number of hydrogen-bond acceptors (Lipinski definition) is 3. The summed E-state index contributed by atoms with van der Waals surface area (Å²) in [6, 6.07) is 10.3. The van der Waals surface area contributed by atoms with E-state index in [1.807, 2.05) is 19.1 Å². The molecule has 0 saturated heterocycles. The third-order valence-electron chi connectivity index (χ3n) is 4.36. The highest BCUT2D eigenvalue weighted by molar-refractivity contribution is 14.0. The van der Waals surface area contributed by atoms with Crippen LogP contribution < -0.4 is 15.4 Å². The van der Waals surface area contributed by atoms with Crippen molar-refractivity contribution in [3.63, 3.8) is 0 Å². The number of rotatable bonds is 9. The summed E-state index contributed by atoms with van der Waals surface area (Å²) >= 11 is 0. The molecule has 0 amide bonds. The van der Waals surface area contributed by atoms with Crippen molar-refractivity contribution in [2.45, 2.75) is 40.7 Å². The average Bonchev–Trinajstić information content (AvgIpc) is 2.97. The zero-order valence-corrected chi connectivity index (χ0v) is 20.0. The first-order chi connectivity index (χ1) is 13.0. The van der Waals surface area contributed by atoms with Crippen molar-refractivity contribution < 1.29 is 4.74 Å². The first-order valence-corrected chi connectivity index (χ1v) is 9.68. The number of methoxy groups -OCH3 is 1. The minimum Gasteiger partial charge on any atom is -0.497 e. The molecule has 6 nitrogen and oxygen atoms in total. The topological polar surface area (TPSA) is 63.5 Å². The van der Waals surface area contributed by atoms with Gasteiger partial charge in [0.05, 0.1) is 12.8 Å². The molecule has 7 heteroatoms. The third-order valence-corrected chi connectivity index (χ3v) is 4.36. The summed E-state index contributed by atoms with van der Waals surface area (Å²) in [6.45, 7) is 11.7. The maximum absolute atomic E-state index is 5.20. The molecule has 0 spiro atoms. The molecule has 1 aromatic heterocycles. The van der Waals surface area contributed by atoms with Crippen molar-refractivity contribution in [3.8, 4) is 5.75 Å². The lowest BCUT2D eigenvalue weighted by molar-refractivity contribution is 0.414. The highest BCUT2D eigenvalue weighted by atomic mass is 127. The van der Waals surface area contributed by atoms with Gasteiger partial charge in [-0.3, -0.25) is 9.67 Å². The van der Waals surface area contributed by atoms with Crippen LogP contribution in [0.5, 0.6) is 5.75 Å². The van der Waals surface area contributed by atoms with Gasteiger partial charge in [-0.1, -0.05) is 19.1 Å². The molecule has 0 aliphatic rings. The Morgan fingerprint density at radius 2 is 1.93 bits per heavy atom. The second-order valence-corrected chi connectivity index (χ2v) is 6.96. The number of aryl methyl sites for hydroxylation is 2. The van der Waals surface area contributed by atoms with Crippen molar-refractivity contribution in [1.29, 1.82) is 0 Å². The van der Waals surface area contributed by atoms with Crippen LogP contribution in [-0.2, 0) is 13.0 Å². The SMILES string of the molecule is CCNC(=NCC(C)Cn1nc(C)cc1C)NCCc1ccc(OC)cc1.I. The summed E-state index contributed by atoms with van der Waals surface area (Å²) in [4.78, 5) is 4.74. The summed E-state index contributed by atoms with van der Waals surface area (Å²) in [7, 11) is 1.69. The van der Waals surface area contributed by atoms with E-state index in [1.54, 1.807) is 7.11 Å². The molecule has 0 aliphatic heterocycles. The number of aromatic nitrogens is 2. The Balaban J connectivity index is 0.00000392. The summed E-state index contributed by atoms with van der Waals surface area (Å²) in [5, 5.41) is 11.3. The quantitative estimate of drug-likeness (QED) is 0.315.